The van der Waals surface area contributed by atoms with Gasteiger partial charge in [0.1, 0.15) is 5.75 Å². The van der Waals surface area contributed by atoms with Crippen LogP contribution in [-0.2, 0) is 6.42 Å². The number of hydrogen-bond acceptors (Lipinski definition) is 4. The van der Waals surface area contributed by atoms with Crippen molar-refractivity contribution in [2.75, 3.05) is 11.9 Å². The molecule has 1 aliphatic carbocycles. The van der Waals surface area contributed by atoms with Gasteiger partial charge in [-0.15, -0.1) is 0 Å². The highest BCUT2D eigenvalue weighted by Crippen LogP contribution is 2.26. The van der Waals surface area contributed by atoms with E-state index in [2.05, 4.69) is 44.0 Å². The van der Waals surface area contributed by atoms with Crippen LogP contribution < -0.4 is 20.7 Å². The minimum Gasteiger partial charge on any atom is -0.492 e. The molecule has 0 spiro atoms. The second-order valence-electron chi connectivity index (χ2n) is 8.99. The molecular formula is C29H30BrN3O3S. The molecule has 0 radical (unpaired) electrons. The van der Waals surface area contributed by atoms with Crippen LogP contribution in [0.15, 0.2) is 77.3 Å². The number of carbonyl (C=O) groups is 2. The molecule has 3 N–H and O–H groups in total. The highest BCUT2D eigenvalue weighted by atomic mass is 79.9. The number of carbonyl (C=O) groups excluding carboxylic acids is 2. The van der Waals surface area contributed by atoms with E-state index in [1.807, 2.05) is 30.3 Å². The van der Waals surface area contributed by atoms with E-state index in [-0.39, 0.29) is 23.0 Å². The Bertz CT molecular complexity index is 1250. The van der Waals surface area contributed by atoms with Gasteiger partial charge in [-0.05, 0) is 76.9 Å². The maximum absolute atomic E-state index is 12.9. The Balaban J connectivity index is 1.31. The van der Waals surface area contributed by atoms with E-state index in [0.717, 1.165) is 32.1 Å². The zero-order chi connectivity index (χ0) is 26.0. The lowest BCUT2D eigenvalue weighted by atomic mass is 9.95. The van der Waals surface area contributed by atoms with E-state index in [1.165, 1.54) is 12.0 Å². The van der Waals surface area contributed by atoms with Crippen molar-refractivity contribution < 1.29 is 14.3 Å². The molecule has 3 aromatic carbocycles. The monoisotopic (exact) mass is 579 g/mol. The lowest BCUT2D eigenvalue weighted by Crippen LogP contribution is -2.37. The molecule has 0 bridgehead atoms. The smallest absolute Gasteiger partial charge is 0.257 e. The molecule has 3 aromatic rings. The molecule has 0 atom stereocenters. The molecule has 1 fully saturated rings. The zero-order valence-electron chi connectivity index (χ0n) is 20.5. The fraction of sp³-hybridized carbons (Fsp3) is 0.276. The van der Waals surface area contributed by atoms with Crippen LogP contribution in [0.4, 0.5) is 5.69 Å². The van der Waals surface area contributed by atoms with Crippen LogP contribution in [0.1, 0.15) is 58.4 Å². The molecule has 8 heteroatoms. The Hall–Kier alpha value is -3.23. The largest absolute Gasteiger partial charge is 0.492 e. The number of benzene rings is 3. The average molecular weight is 581 g/mol. The van der Waals surface area contributed by atoms with Crippen LogP contribution in [0.25, 0.3) is 0 Å². The summed E-state index contributed by atoms with van der Waals surface area (Å²) in [5.41, 5.74) is 2.66. The number of amides is 2. The second-order valence-corrected chi connectivity index (χ2v) is 10.3. The van der Waals surface area contributed by atoms with Crippen LogP contribution in [0.2, 0.25) is 0 Å². The number of nitrogens with one attached hydrogen (secondary N) is 3. The highest BCUT2D eigenvalue weighted by Gasteiger charge is 2.19. The maximum Gasteiger partial charge on any atom is 0.257 e. The van der Waals surface area contributed by atoms with Gasteiger partial charge in [-0.1, -0.05) is 61.7 Å². The first-order chi connectivity index (χ1) is 18.0. The summed E-state index contributed by atoms with van der Waals surface area (Å²) >= 11 is 8.86. The Morgan fingerprint density at radius 2 is 1.65 bits per heavy atom. The molecule has 0 heterocycles. The zero-order valence-corrected chi connectivity index (χ0v) is 22.9. The quantitative estimate of drug-likeness (QED) is 0.274. The number of halogens is 1. The Kier molecular flexibility index (Phi) is 9.68. The van der Waals surface area contributed by atoms with Crippen molar-refractivity contribution >= 4 is 50.8 Å². The molecule has 4 rings (SSSR count). The minimum absolute atomic E-state index is 0.113. The van der Waals surface area contributed by atoms with E-state index in [0.29, 0.717) is 33.6 Å². The number of rotatable bonds is 8. The van der Waals surface area contributed by atoms with Crippen molar-refractivity contribution in [1.82, 2.24) is 10.6 Å². The second kappa shape index (κ2) is 13.4. The molecule has 0 saturated heterocycles. The normalized spacial score (nSPS) is 13.4. The van der Waals surface area contributed by atoms with E-state index in [9.17, 15) is 9.59 Å². The third-order valence-electron chi connectivity index (χ3n) is 6.27. The summed E-state index contributed by atoms with van der Waals surface area (Å²) in [7, 11) is 0. The summed E-state index contributed by atoms with van der Waals surface area (Å²) in [6.07, 6.45) is 6.29. The fourth-order valence-electron chi connectivity index (χ4n) is 4.31. The molecule has 6 nitrogen and oxygen atoms in total. The van der Waals surface area contributed by atoms with Crippen LogP contribution in [-0.4, -0.2) is 29.6 Å². The van der Waals surface area contributed by atoms with E-state index >= 15 is 0 Å². The summed E-state index contributed by atoms with van der Waals surface area (Å²) in [5, 5.41) is 8.93. The van der Waals surface area contributed by atoms with Gasteiger partial charge in [-0.3, -0.25) is 14.9 Å². The fourth-order valence-corrected chi connectivity index (χ4v) is 5.01. The SMILES string of the molecule is O=C(NC(=S)Nc1ccccc1C(=O)NC1CCCCC1)c1ccc(OCCc2ccccc2)c(Br)c1. The third-order valence-corrected chi connectivity index (χ3v) is 7.10. The molecule has 0 unspecified atom stereocenters. The number of para-hydroxylation sites is 1. The van der Waals surface area contributed by atoms with Gasteiger partial charge in [0.05, 0.1) is 22.3 Å². The van der Waals surface area contributed by atoms with Crippen LogP contribution in [0.3, 0.4) is 0 Å². The molecule has 0 aliphatic heterocycles. The van der Waals surface area contributed by atoms with Gasteiger partial charge in [-0.2, -0.15) is 0 Å². The number of anilines is 1. The van der Waals surface area contributed by atoms with Crippen molar-refractivity contribution in [3.05, 3.63) is 94.0 Å². The lowest BCUT2D eigenvalue weighted by molar-refractivity contribution is 0.0927. The summed E-state index contributed by atoms with van der Waals surface area (Å²) in [5.74, 6) is 0.153. The van der Waals surface area contributed by atoms with Crippen molar-refractivity contribution in [3.63, 3.8) is 0 Å². The van der Waals surface area contributed by atoms with Crippen LogP contribution >= 0.6 is 28.1 Å². The highest BCUT2D eigenvalue weighted by molar-refractivity contribution is 9.10. The summed E-state index contributed by atoms with van der Waals surface area (Å²) in [6, 6.07) is 22.6. The maximum atomic E-state index is 12.9. The van der Waals surface area contributed by atoms with Gasteiger partial charge in [0.25, 0.3) is 11.8 Å². The molecule has 0 aromatic heterocycles. The topological polar surface area (TPSA) is 79.5 Å². The van der Waals surface area contributed by atoms with Crippen LogP contribution in [0.5, 0.6) is 5.75 Å². The summed E-state index contributed by atoms with van der Waals surface area (Å²) in [4.78, 5) is 25.7. The van der Waals surface area contributed by atoms with E-state index < -0.39 is 0 Å². The number of thiocarbonyl (C=S) groups is 1. The van der Waals surface area contributed by atoms with Gasteiger partial charge in [-0.25, -0.2) is 0 Å². The van der Waals surface area contributed by atoms with E-state index in [1.54, 1.807) is 30.3 Å². The van der Waals surface area contributed by atoms with Gasteiger partial charge in [0.2, 0.25) is 0 Å². The van der Waals surface area contributed by atoms with Gasteiger partial charge >= 0.3 is 0 Å². The summed E-state index contributed by atoms with van der Waals surface area (Å²) < 4.78 is 6.55. The predicted octanol–water partition coefficient (Wildman–Crippen LogP) is 6.26. The first-order valence-electron chi connectivity index (χ1n) is 12.5. The average Bonchev–Trinajstić information content (AvgIpc) is 2.91. The van der Waals surface area contributed by atoms with Crippen LogP contribution in [0, 0.1) is 0 Å². The van der Waals surface area contributed by atoms with Gasteiger partial charge in [0.15, 0.2) is 5.11 Å². The van der Waals surface area contributed by atoms with Crippen molar-refractivity contribution in [2.45, 2.75) is 44.6 Å². The van der Waals surface area contributed by atoms with E-state index in [4.69, 9.17) is 17.0 Å². The molecule has 192 valence electrons. The third kappa shape index (κ3) is 7.87. The molecule has 1 saturated carbocycles. The van der Waals surface area contributed by atoms with Gasteiger partial charge < -0.3 is 15.4 Å². The van der Waals surface area contributed by atoms with Crippen molar-refractivity contribution in [2.24, 2.45) is 0 Å². The Labute approximate surface area is 231 Å². The molecular weight excluding hydrogens is 550 g/mol. The van der Waals surface area contributed by atoms with Gasteiger partial charge in [0, 0.05) is 18.0 Å². The number of hydrogen-bond donors (Lipinski definition) is 3. The first kappa shape index (κ1) is 26.8. The van der Waals surface area contributed by atoms with Crippen molar-refractivity contribution in [1.29, 1.82) is 0 Å². The lowest BCUT2D eigenvalue weighted by Gasteiger charge is -2.23. The predicted molar refractivity (Wildman–Crippen MR) is 154 cm³/mol. The standard InChI is InChI=1S/C29H30BrN3O3S/c30-24-19-21(15-16-26(24)36-18-17-20-9-3-1-4-10-20)27(34)33-29(37)32-25-14-8-7-13-23(25)28(35)31-22-11-5-2-6-12-22/h1,3-4,7-10,13-16,19,22H,2,5-6,11-12,17-18H2,(H,31,35)(H2,32,33,34,37). The minimum atomic E-state index is -0.363. The molecule has 1 aliphatic rings. The first-order valence-corrected chi connectivity index (χ1v) is 13.7. The van der Waals surface area contributed by atoms with Crippen molar-refractivity contribution in [3.8, 4) is 5.75 Å². The summed E-state index contributed by atoms with van der Waals surface area (Å²) in [6.45, 7) is 0.524. The Morgan fingerprint density at radius 3 is 2.41 bits per heavy atom. The molecule has 2 amide bonds. The number of ether oxygens (including phenoxy) is 1. The Morgan fingerprint density at radius 1 is 0.919 bits per heavy atom. The molecule has 37 heavy (non-hydrogen) atoms.